The third-order valence-electron chi connectivity index (χ3n) is 4.11. The highest BCUT2D eigenvalue weighted by molar-refractivity contribution is 5.98. The molecule has 0 aromatic heterocycles. The quantitative estimate of drug-likeness (QED) is 0.763. The van der Waals surface area contributed by atoms with Crippen LogP contribution in [0, 0.1) is 17.6 Å². The standard InChI is InChI=1S/C17H23F2N3O2/c1-10(2)15(17(24)21-11-6-8-20-9-7-11)22-16(23)14-12(18)4-3-5-13(14)19/h3-5,10-11,15,20H,6-9H2,1-2H3,(H,21,24)(H,22,23). The molecule has 2 rings (SSSR count). The summed E-state index contributed by atoms with van der Waals surface area (Å²) in [6.07, 6.45) is 1.62. The topological polar surface area (TPSA) is 70.2 Å². The van der Waals surface area contributed by atoms with Crippen molar-refractivity contribution in [3.05, 3.63) is 35.4 Å². The van der Waals surface area contributed by atoms with Gasteiger partial charge in [0.25, 0.3) is 5.91 Å². The fraction of sp³-hybridized carbons (Fsp3) is 0.529. The maximum Gasteiger partial charge on any atom is 0.257 e. The molecule has 0 radical (unpaired) electrons. The van der Waals surface area contributed by atoms with E-state index in [0.717, 1.165) is 38.1 Å². The number of nitrogens with one attached hydrogen (secondary N) is 3. The van der Waals surface area contributed by atoms with Crippen LogP contribution in [0.2, 0.25) is 0 Å². The first-order chi connectivity index (χ1) is 11.4. The number of benzene rings is 1. The highest BCUT2D eigenvalue weighted by Gasteiger charge is 2.28. The summed E-state index contributed by atoms with van der Waals surface area (Å²) in [5.74, 6) is -3.38. The molecular weight excluding hydrogens is 316 g/mol. The Kier molecular flexibility index (Phi) is 6.25. The maximum absolute atomic E-state index is 13.7. The fourth-order valence-corrected chi connectivity index (χ4v) is 2.72. The Hall–Kier alpha value is -2.02. The number of hydrogen-bond donors (Lipinski definition) is 3. The number of carbonyl (C=O) groups excluding carboxylic acids is 2. The van der Waals surface area contributed by atoms with E-state index in [2.05, 4.69) is 16.0 Å². The van der Waals surface area contributed by atoms with E-state index in [-0.39, 0.29) is 17.9 Å². The summed E-state index contributed by atoms with van der Waals surface area (Å²) < 4.78 is 27.4. The predicted molar refractivity (Wildman–Crippen MR) is 86.5 cm³/mol. The van der Waals surface area contributed by atoms with Gasteiger partial charge < -0.3 is 16.0 Å². The van der Waals surface area contributed by atoms with Crippen LogP contribution in [-0.4, -0.2) is 37.0 Å². The smallest absolute Gasteiger partial charge is 0.257 e. The molecule has 0 saturated carbocycles. The second kappa shape index (κ2) is 8.19. The van der Waals surface area contributed by atoms with Crippen LogP contribution in [-0.2, 0) is 4.79 Å². The third-order valence-corrected chi connectivity index (χ3v) is 4.11. The van der Waals surface area contributed by atoms with E-state index in [9.17, 15) is 18.4 Å². The van der Waals surface area contributed by atoms with Crippen molar-refractivity contribution in [3.63, 3.8) is 0 Å². The first-order valence-corrected chi connectivity index (χ1v) is 8.16. The SMILES string of the molecule is CC(C)C(NC(=O)c1c(F)cccc1F)C(=O)NC1CCNCC1. The summed E-state index contributed by atoms with van der Waals surface area (Å²) in [7, 11) is 0. The Balaban J connectivity index is 2.07. The fourth-order valence-electron chi connectivity index (χ4n) is 2.72. The minimum Gasteiger partial charge on any atom is -0.351 e. The summed E-state index contributed by atoms with van der Waals surface area (Å²) >= 11 is 0. The van der Waals surface area contributed by atoms with E-state index < -0.39 is 29.1 Å². The van der Waals surface area contributed by atoms with Crippen molar-refractivity contribution < 1.29 is 18.4 Å². The van der Waals surface area contributed by atoms with Crippen LogP contribution in [0.25, 0.3) is 0 Å². The number of amides is 2. The molecule has 1 fully saturated rings. The molecule has 0 bridgehead atoms. The molecule has 1 atom stereocenters. The second-order valence-electron chi connectivity index (χ2n) is 6.32. The van der Waals surface area contributed by atoms with Gasteiger partial charge in [-0.1, -0.05) is 19.9 Å². The van der Waals surface area contributed by atoms with Crippen LogP contribution in [0.3, 0.4) is 0 Å². The van der Waals surface area contributed by atoms with Crippen molar-refractivity contribution in [2.24, 2.45) is 5.92 Å². The summed E-state index contributed by atoms with van der Waals surface area (Å²) in [5, 5.41) is 8.56. The number of carbonyl (C=O) groups is 2. The van der Waals surface area contributed by atoms with E-state index in [1.54, 1.807) is 13.8 Å². The van der Waals surface area contributed by atoms with E-state index in [1.807, 2.05) is 0 Å². The van der Waals surface area contributed by atoms with Gasteiger partial charge in [0, 0.05) is 6.04 Å². The highest BCUT2D eigenvalue weighted by Crippen LogP contribution is 2.13. The number of piperidine rings is 1. The summed E-state index contributed by atoms with van der Waals surface area (Å²) in [5.41, 5.74) is -0.669. The van der Waals surface area contributed by atoms with Crippen LogP contribution in [0.15, 0.2) is 18.2 Å². The van der Waals surface area contributed by atoms with E-state index >= 15 is 0 Å². The van der Waals surface area contributed by atoms with Gasteiger partial charge in [-0.25, -0.2) is 8.78 Å². The normalized spacial score (nSPS) is 16.7. The maximum atomic E-state index is 13.7. The van der Waals surface area contributed by atoms with Crippen LogP contribution >= 0.6 is 0 Å². The van der Waals surface area contributed by atoms with E-state index in [4.69, 9.17) is 0 Å². The second-order valence-corrected chi connectivity index (χ2v) is 6.32. The number of hydrogen-bond acceptors (Lipinski definition) is 3. The third kappa shape index (κ3) is 4.50. The molecule has 1 aliphatic rings. The van der Waals surface area contributed by atoms with Gasteiger partial charge >= 0.3 is 0 Å². The molecule has 2 amide bonds. The van der Waals surface area contributed by atoms with Gasteiger partial charge in [-0.15, -0.1) is 0 Å². The monoisotopic (exact) mass is 339 g/mol. The highest BCUT2D eigenvalue weighted by atomic mass is 19.1. The Morgan fingerprint density at radius 2 is 1.75 bits per heavy atom. The van der Waals surface area contributed by atoms with Crippen molar-refractivity contribution in [2.45, 2.75) is 38.8 Å². The zero-order chi connectivity index (χ0) is 17.7. The van der Waals surface area contributed by atoms with E-state index in [1.165, 1.54) is 6.07 Å². The molecule has 5 nitrogen and oxygen atoms in total. The molecule has 1 heterocycles. The Bertz CT molecular complexity index is 581. The molecule has 1 aliphatic heterocycles. The van der Waals surface area contributed by atoms with Crippen molar-refractivity contribution >= 4 is 11.8 Å². The van der Waals surface area contributed by atoms with Gasteiger partial charge in [-0.3, -0.25) is 9.59 Å². The van der Waals surface area contributed by atoms with Crippen LogP contribution < -0.4 is 16.0 Å². The first kappa shape index (κ1) is 18.3. The van der Waals surface area contributed by atoms with E-state index in [0.29, 0.717) is 0 Å². The minimum atomic E-state index is -0.950. The molecule has 3 N–H and O–H groups in total. The van der Waals surface area contributed by atoms with Crippen LogP contribution in [0.4, 0.5) is 8.78 Å². The van der Waals surface area contributed by atoms with Gasteiger partial charge in [0.15, 0.2) is 0 Å². The number of rotatable bonds is 5. The Labute approximate surface area is 140 Å². The molecule has 1 aromatic carbocycles. The van der Waals surface area contributed by atoms with Crippen LogP contribution in [0.1, 0.15) is 37.0 Å². The van der Waals surface area contributed by atoms with Gasteiger partial charge in [0.2, 0.25) is 5.91 Å². The van der Waals surface area contributed by atoms with Crippen molar-refractivity contribution in [1.82, 2.24) is 16.0 Å². The first-order valence-electron chi connectivity index (χ1n) is 8.16. The summed E-state index contributed by atoms with van der Waals surface area (Å²) in [4.78, 5) is 24.7. The summed E-state index contributed by atoms with van der Waals surface area (Å²) in [6, 6.07) is 2.40. The molecule has 0 aliphatic carbocycles. The molecular formula is C17H23F2N3O2. The molecule has 132 valence electrons. The van der Waals surface area contributed by atoms with Gasteiger partial charge in [0.05, 0.1) is 0 Å². The average molecular weight is 339 g/mol. The lowest BCUT2D eigenvalue weighted by molar-refractivity contribution is -0.124. The van der Waals surface area contributed by atoms with Crippen molar-refractivity contribution in [2.75, 3.05) is 13.1 Å². The molecule has 1 aromatic rings. The summed E-state index contributed by atoms with van der Waals surface area (Å²) in [6.45, 7) is 5.18. The van der Waals surface area contributed by atoms with Crippen molar-refractivity contribution in [3.8, 4) is 0 Å². The van der Waals surface area contributed by atoms with Crippen molar-refractivity contribution in [1.29, 1.82) is 0 Å². The lowest BCUT2D eigenvalue weighted by Crippen LogP contribution is -2.53. The number of halogens is 2. The minimum absolute atomic E-state index is 0.0436. The van der Waals surface area contributed by atoms with Crippen LogP contribution in [0.5, 0.6) is 0 Å². The molecule has 0 spiro atoms. The Morgan fingerprint density at radius 3 is 2.29 bits per heavy atom. The average Bonchev–Trinajstić information content (AvgIpc) is 2.53. The van der Waals surface area contributed by atoms with Gasteiger partial charge in [0.1, 0.15) is 23.2 Å². The lowest BCUT2D eigenvalue weighted by atomic mass is 10.0. The molecule has 7 heteroatoms. The Morgan fingerprint density at radius 1 is 1.17 bits per heavy atom. The van der Waals surface area contributed by atoms with Gasteiger partial charge in [-0.2, -0.15) is 0 Å². The zero-order valence-corrected chi connectivity index (χ0v) is 13.9. The zero-order valence-electron chi connectivity index (χ0n) is 13.9. The molecule has 24 heavy (non-hydrogen) atoms. The molecule has 1 unspecified atom stereocenters. The van der Waals surface area contributed by atoms with Gasteiger partial charge in [-0.05, 0) is 44.0 Å². The largest absolute Gasteiger partial charge is 0.351 e. The molecule has 1 saturated heterocycles. The predicted octanol–water partition coefficient (Wildman–Crippen LogP) is 1.59. The lowest BCUT2D eigenvalue weighted by Gasteiger charge is -2.28.